The van der Waals surface area contributed by atoms with Crippen molar-refractivity contribution < 1.29 is 19.0 Å². The minimum absolute atomic E-state index is 0.113. The molecule has 0 atom stereocenters. The minimum atomic E-state index is -0.113. The monoisotopic (exact) mass is 460 g/mol. The maximum atomic E-state index is 12.4. The number of nitrogens with zero attached hydrogens (tertiary/aromatic N) is 4. The van der Waals surface area contributed by atoms with E-state index < -0.39 is 0 Å². The fourth-order valence-corrected chi connectivity index (χ4v) is 3.58. The van der Waals surface area contributed by atoms with E-state index in [0.717, 1.165) is 22.8 Å². The molecule has 1 aliphatic rings. The van der Waals surface area contributed by atoms with E-state index in [1.54, 1.807) is 4.52 Å². The zero-order valence-corrected chi connectivity index (χ0v) is 18.7. The highest BCUT2D eigenvalue weighted by Gasteiger charge is 2.14. The predicted octanol–water partition coefficient (Wildman–Crippen LogP) is 3.44. The quantitative estimate of drug-likeness (QED) is 0.391. The van der Waals surface area contributed by atoms with Gasteiger partial charge in [-0.1, -0.05) is 6.07 Å². The Morgan fingerprint density at radius 3 is 2.76 bits per heavy atom. The maximum absolute atomic E-state index is 12.4. The molecule has 4 aromatic rings. The van der Waals surface area contributed by atoms with Gasteiger partial charge in [-0.15, -0.1) is 15.3 Å². The van der Waals surface area contributed by atoms with Crippen molar-refractivity contribution in [2.45, 2.75) is 26.3 Å². The normalized spacial score (nSPS) is 12.0. The van der Waals surface area contributed by atoms with Crippen molar-refractivity contribution in [2.75, 3.05) is 24.0 Å². The summed E-state index contributed by atoms with van der Waals surface area (Å²) in [6, 6.07) is 16.8. The largest absolute Gasteiger partial charge is 0.494 e. The number of hydrogen-bond acceptors (Lipinski definition) is 8. The van der Waals surface area contributed by atoms with Crippen LogP contribution in [0.25, 0.3) is 5.65 Å². The summed E-state index contributed by atoms with van der Waals surface area (Å²) < 4.78 is 17.9. The van der Waals surface area contributed by atoms with Gasteiger partial charge in [-0.05, 0) is 61.0 Å². The number of carbonyl (C=O) groups excluding carboxylic acids is 1. The Labute approximate surface area is 195 Å². The molecule has 0 bridgehead atoms. The van der Waals surface area contributed by atoms with Gasteiger partial charge >= 0.3 is 0 Å². The average Bonchev–Trinajstić information content (AvgIpc) is 3.49. The molecule has 5 rings (SSSR count). The third-order valence-electron chi connectivity index (χ3n) is 5.26. The average molecular weight is 460 g/mol. The van der Waals surface area contributed by atoms with E-state index in [1.165, 1.54) is 0 Å². The number of rotatable bonds is 9. The second-order valence-electron chi connectivity index (χ2n) is 7.65. The number of hydrogen-bond donors (Lipinski definition) is 2. The lowest BCUT2D eigenvalue weighted by Crippen LogP contribution is -2.13. The zero-order valence-electron chi connectivity index (χ0n) is 18.7. The van der Waals surface area contributed by atoms with Crippen LogP contribution in [0.5, 0.6) is 17.2 Å². The van der Waals surface area contributed by atoms with Crippen LogP contribution in [0, 0.1) is 0 Å². The minimum Gasteiger partial charge on any atom is -0.494 e. The number of aromatic nitrogens is 4. The summed E-state index contributed by atoms with van der Waals surface area (Å²) in [6.07, 6.45) is 0.660. The Hall–Kier alpha value is -4.34. The lowest BCUT2D eigenvalue weighted by Gasteiger charge is -2.08. The summed E-state index contributed by atoms with van der Waals surface area (Å²) in [5.41, 5.74) is 2.38. The number of ether oxygens (including phenoxy) is 3. The molecule has 1 aliphatic heterocycles. The van der Waals surface area contributed by atoms with Gasteiger partial charge in [0.05, 0.1) is 6.61 Å². The molecule has 1 amide bonds. The molecule has 0 aliphatic carbocycles. The van der Waals surface area contributed by atoms with Gasteiger partial charge in [0.25, 0.3) is 0 Å². The van der Waals surface area contributed by atoms with Crippen molar-refractivity contribution in [3.8, 4) is 17.2 Å². The Morgan fingerprint density at radius 1 is 1.06 bits per heavy atom. The van der Waals surface area contributed by atoms with Crippen molar-refractivity contribution in [1.82, 2.24) is 19.8 Å². The zero-order chi connectivity index (χ0) is 23.3. The van der Waals surface area contributed by atoms with Crippen LogP contribution in [0.3, 0.4) is 0 Å². The van der Waals surface area contributed by atoms with Gasteiger partial charge in [0.2, 0.25) is 12.7 Å². The predicted molar refractivity (Wildman–Crippen MR) is 125 cm³/mol. The van der Waals surface area contributed by atoms with E-state index in [2.05, 4.69) is 25.9 Å². The molecule has 0 radical (unpaired) electrons. The molecular weight excluding hydrogens is 436 g/mol. The van der Waals surface area contributed by atoms with Crippen molar-refractivity contribution in [3.63, 3.8) is 0 Å². The topological polar surface area (TPSA) is 112 Å². The summed E-state index contributed by atoms with van der Waals surface area (Å²) in [5, 5.41) is 19.1. The number of aryl methyl sites for hydroxylation is 1. The fourth-order valence-electron chi connectivity index (χ4n) is 3.58. The highest BCUT2D eigenvalue weighted by molar-refractivity contribution is 5.90. The van der Waals surface area contributed by atoms with Crippen LogP contribution < -0.4 is 24.8 Å². The first kappa shape index (κ1) is 21.5. The van der Waals surface area contributed by atoms with Gasteiger partial charge in [-0.25, -0.2) is 0 Å². The number of carbonyl (C=O) groups is 1. The molecule has 2 N–H and O–H groups in total. The van der Waals surface area contributed by atoms with Crippen LogP contribution in [0.4, 0.5) is 11.5 Å². The number of fused-ring (bicyclic) bond motifs is 2. The van der Waals surface area contributed by atoms with Gasteiger partial charge in [-0.2, -0.15) is 4.52 Å². The molecule has 0 unspecified atom stereocenters. The molecule has 10 nitrogen and oxygen atoms in total. The fraction of sp³-hybridized carbons (Fsp3) is 0.250. The lowest BCUT2D eigenvalue weighted by atomic mass is 10.2. The van der Waals surface area contributed by atoms with Crippen LogP contribution >= 0.6 is 0 Å². The van der Waals surface area contributed by atoms with Gasteiger partial charge in [0.1, 0.15) is 11.6 Å². The Morgan fingerprint density at radius 2 is 1.91 bits per heavy atom. The number of benzene rings is 2. The molecule has 10 heteroatoms. The van der Waals surface area contributed by atoms with Gasteiger partial charge in [0, 0.05) is 25.1 Å². The molecular formula is C24H24N6O4. The molecule has 2 aromatic heterocycles. The van der Waals surface area contributed by atoms with Crippen LogP contribution in [0.1, 0.15) is 24.7 Å². The molecule has 34 heavy (non-hydrogen) atoms. The summed E-state index contributed by atoms with van der Waals surface area (Å²) in [4.78, 5) is 12.4. The van der Waals surface area contributed by atoms with E-state index >= 15 is 0 Å². The molecule has 0 saturated heterocycles. The number of amides is 1. The number of nitrogens with one attached hydrogen (secondary N) is 2. The van der Waals surface area contributed by atoms with Gasteiger partial charge in [-0.3, -0.25) is 4.79 Å². The summed E-state index contributed by atoms with van der Waals surface area (Å²) in [7, 11) is 0. The SMILES string of the molecule is CCOc1ccc(NC(=O)CCc2nnc3ccc(NCc4ccc5c(c4)OCO5)nn23)cc1. The van der Waals surface area contributed by atoms with E-state index in [1.807, 2.05) is 61.5 Å². The van der Waals surface area contributed by atoms with E-state index in [0.29, 0.717) is 42.5 Å². The summed E-state index contributed by atoms with van der Waals surface area (Å²) in [5.74, 6) is 3.44. The summed E-state index contributed by atoms with van der Waals surface area (Å²) in [6.45, 7) is 3.34. The van der Waals surface area contributed by atoms with E-state index in [4.69, 9.17) is 14.2 Å². The maximum Gasteiger partial charge on any atom is 0.231 e. The second kappa shape index (κ2) is 9.65. The highest BCUT2D eigenvalue weighted by Crippen LogP contribution is 2.32. The van der Waals surface area contributed by atoms with Crippen LogP contribution in [-0.4, -0.2) is 39.1 Å². The molecule has 0 fully saturated rings. The van der Waals surface area contributed by atoms with Crippen molar-refractivity contribution >= 4 is 23.1 Å². The van der Waals surface area contributed by atoms with Gasteiger partial charge in [0.15, 0.2) is 23.0 Å². The van der Waals surface area contributed by atoms with E-state index in [9.17, 15) is 4.79 Å². The first-order valence-corrected chi connectivity index (χ1v) is 11.0. The van der Waals surface area contributed by atoms with E-state index in [-0.39, 0.29) is 19.1 Å². The van der Waals surface area contributed by atoms with Crippen LogP contribution in [0.15, 0.2) is 54.6 Å². The first-order chi connectivity index (χ1) is 16.7. The molecule has 0 saturated carbocycles. The highest BCUT2D eigenvalue weighted by atomic mass is 16.7. The third kappa shape index (κ3) is 4.85. The Bertz CT molecular complexity index is 1300. The van der Waals surface area contributed by atoms with Crippen molar-refractivity contribution in [1.29, 1.82) is 0 Å². The summed E-state index contributed by atoms with van der Waals surface area (Å²) >= 11 is 0. The lowest BCUT2D eigenvalue weighted by molar-refractivity contribution is -0.116. The van der Waals surface area contributed by atoms with Crippen LogP contribution in [0.2, 0.25) is 0 Å². The molecule has 3 heterocycles. The van der Waals surface area contributed by atoms with Crippen LogP contribution in [-0.2, 0) is 17.8 Å². The van der Waals surface area contributed by atoms with Gasteiger partial charge < -0.3 is 24.8 Å². The Balaban J connectivity index is 1.19. The van der Waals surface area contributed by atoms with Crippen molar-refractivity contribution in [3.05, 3.63) is 66.0 Å². The molecule has 0 spiro atoms. The first-order valence-electron chi connectivity index (χ1n) is 11.0. The third-order valence-corrected chi connectivity index (χ3v) is 5.26. The second-order valence-corrected chi connectivity index (χ2v) is 7.65. The smallest absolute Gasteiger partial charge is 0.231 e. The number of anilines is 2. The standard InChI is InChI=1S/C24H24N6O4/c1-2-32-18-6-4-17(5-7-18)26-24(31)12-11-23-28-27-22-10-9-21(29-30(22)23)25-14-16-3-8-19-20(13-16)34-15-33-19/h3-10,13H,2,11-12,14-15H2,1H3,(H,25,29)(H,26,31). The molecule has 174 valence electrons. The molecule has 2 aromatic carbocycles. The Kier molecular flexibility index (Phi) is 6.11. The van der Waals surface area contributed by atoms with Crippen molar-refractivity contribution in [2.24, 2.45) is 0 Å².